The van der Waals surface area contributed by atoms with Crippen molar-refractivity contribution in [3.63, 3.8) is 0 Å². The predicted molar refractivity (Wildman–Crippen MR) is 138 cm³/mol. The van der Waals surface area contributed by atoms with Crippen LogP contribution < -0.4 is 16.1 Å². The number of anilines is 1. The van der Waals surface area contributed by atoms with Crippen LogP contribution in [0.15, 0.2) is 75.4 Å². The molecule has 0 aliphatic carbocycles. The van der Waals surface area contributed by atoms with Crippen LogP contribution in [0, 0.1) is 0 Å². The normalized spacial score (nSPS) is 15.7. The molecule has 3 heterocycles. The largest absolute Gasteiger partial charge is 0.333 e. The average Bonchev–Trinajstić information content (AvgIpc) is 3.22. The Morgan fingerprint density at radius 3 is 2.57 bits per heavy atom. The minimum Gasteiger partial charge on any atom is -0.325 e. The molecular weight excluding hydrogens is 462 g/mol. The maximum absolute atomic E-state index is 13.6. The summed E-state index contributed by atoms with van der Waals surface area (Å²) in [5.74, 6) is -0.278. The number of carbonyl (C=O) groups excluding carboxylic acids is 1. The second kappa shape index (κ2) is 9.58. The monoisotopic (exact) mass is 489 g/mol. The molecule has 0 radical (unpaired) electrons. The molecule has 0 fully saturated rings. The van der Waals surface area contributed by atoms with Gasteiger partial charge in [-0.25, -0.2) is 14.3 Å². The van der Waals surface area contributed by atoms with Gasteiger partial charge in [0.1, 0.15) is 6.54 Å². The van der Waals surface area contributed by atoms with Crippen molar-refractivity contribution in [2.24, 2.45) is 0 Å². The van der Waals surface area contributed by atoms with Gasteiger partial charge in [-0.05, 0) is 31.0 Å². The molecule has 0 saturated carbocycles. The molecule has 0 saturated heterocycles. The molecule has 1 aliphatic rings. The third-order valence-electron chi connectivity index (χ3n) is 6.35. The molecule has 8 nitrogen and oxygen atoms in total. The first-order chi connectivity index (χ1) is 17.0. The Labute approximate surface area is 206 Å². The van der Waals surface area contributed by atoms with Crippen molar-refractivity contribution in [1.82, 2.24) is 18.7 Å². The minimum atomic E-state index is -0.535. The van der Waals surface area contributed by atoms with E-state index >= 15 is 0 Å². The molecule has 180 valence electrons. The molecule has 0 spiro atoms. The summed E-state index contributed by atoms with van der Waals surface area (Å²) in [6.45, 7) is 5.04. The second-order valence-corrected chi connectivity index (χ2v) is 10.2. The molecule has 1 amide bonds. The average molecular weight is 490 g/mol. The zero-order valence-electron chi connectivity index (χ0n) is 19.8. The molecular formula is C26H27N5O3S. The van der Waals surface area contributed by atoms with Crippen LogP contribution in [0.3, 0.4) is 0 Å². The SMILES string of the molecule is CCn1cnc2c1c(=O)n(CC(=O)N1CC[C@H](C)Sc3ccccc31)c(=O)n2Cc1ccccc1. The fourth-order valence-corrected chi connectivity index (χ4v) is 5.61. The maximum Gasteiger partial charge on any atom is 0.333 e. The lowest BCUT2D eigenvalue weighted by Crippen LogP contribution is -2.45. The van der Waals surface area contributed by atoms with E-state index in [4.69, 9.17) is 0 Å². The van der Waals surface area contributed by atoms with Gasteiger partial charge in [0.05, 0.1) is 18.6 Å². The van der Waals surface area contributed by atoms with Crippen molar-refractivity contribution < 1.29 is 4.79 Å². The van der Waals surface area contributed by atoms with Gasteiger partial charge in [0.15, 0.2) is 11.2 Å². The van der Waals surface area contributed by atoms with Gasteiger partial charge in [-0.15, -0.1) is 11.8 Å². The van der Waals surface area contributed by atoms with E-state index in [2.05, 4.69) is 11.9 Å². The van der Waals surface area contributed by atoms with Gasteiger partial charge in [-0.3, -0.25) is 14.2 Å². The molecule has 0 N–H and O–H groups in total. The minimum absolute atomic E-state index is 0.256. The summed E-state index contributed by atoms with van der Waals surface area (Å²) in [6.07, 6.45) is 2.39. The van der Waals surface area contributed by atoms with E-state index in [0.717, 1.165) is 27.1 Å². The smallest absolute Gasteiger partial charge is 0.325 e. The number of hydrogen-bond donors (Lipinski definition) is 0. The van der Waals surface area contributed by atoms with Crippen molar-refractivity contribution in [3.05, 3.63) is 87.3 Å². The molecule has 2 aromatic carbocycles. The number of aromatic nitrogens is 4. The number of carbonyl (C=O) groups is 1. The summed E-state index contributed by atoms with van der Waals surface area (Å²) in [5, 5.41) is 0.357. The molecule has 4 aromatic rings. The summed E-state index contributed by atoms with van der Waals surface area (Å²) in [6, 6.07) is 17.3. The van der Waals surface area contributed by atoms with Crippen molar-refractivity contribution in [3.8, 4) is 0 Å². The topological polar surface area (TPSA) is 82.1 Å². The summed E-state index contributed by atoms with van der Waals surface area (Å²) in [4.78, 5) is 47.8. The van der Waals surface area contributed by atoms with Crippen LogP contribution in [-0.2, 0) is 24.4 Å². The van der Waals surface area contributed by atoms with E-state index in [0.29, 0.717) is 29.5 Å². The van der Waals surface area contributed by atoms with Gasteiger partial charge < -0.3 is 9.47 Å². The van der Waals surface area contributed by atoms with E-state index in [-0.39, 0.29) is 19.0 Å². The lowest BCUT2D eigenvalue weighted by atomic mass is 10.2. The molecule has 1 atom stereocenters. The first-order valence-electron chi connectivity index (χ1n) is 11.8. The molecule has 0 unspecified atom stereocenters. The van der Waals surface area contributed by atoms with Crippen molar-refractivity contribution in [2.45, 2.75) is 50.0 Å². The number of amides is 1. The van der Waals surface area contributed by atoms with E-state index in [1.807, 2.05) is 61.5 Å². The number of aryl methyl sites for hydroxylation is 1. The summed E-state index contributed by atoms with van der Waals surface area (Å²) >= 11 is 1.74. The number of benzene rings is 2. The third kappa shape index (κ3) is 4.32. The van der Waals surface area contributed by atoms with Crippen LogP contribution in [0.2, 0.25) is 0 Å². The predicted octanol–water partition coefficient (Wildman–Crippen LogP) is 3.35. The van der Waals surface area contributed by atoms with Crippen LogP contribution in [0.1, 0.15) is 25.8 Å². The molecule has 9 heteroatoms. The van der Waals surface area contributed by atoms with Crippen molar-refractivity contribution in [1.29, 1.82) is 0 Å². The van der Waals surface area contributed by atoms with Crippen LogP contribution in [0.25, 0.3) is 11.2 Å². The van der Waals surface area contributed by atoms with Gasteiger partial charge in [0.2, 0.25) is 5.91 Å². The lowest BCUT2D eigenvalue weighted by molar-refractivity contribution is -0.119. The van der Waals surface area contributed by atoms with Crippen LogP contribution >= 0.6 is 11.8 Å². The third-order valence-corrected chi connectivity index (χ3v) is 7.58. The number of fused-ring (bicyclic) bond motifs is 2. The maximum atomic E-state index is 13.6. The Kier molecular flexibility index (Phi) is 6.34. The Morgan fingerprint density at radius 2 is 1.80 bits per heavy atom. The summed E-state index contributed by atoms with van der Waals surface area (Å²) in [5.41, 5.74) is 1.37. The van der Waals surface area contributed by atoms with Gasteiger partial charge >= 0.3 is 5.69 Å². The zero-order chi connectivity index (χ0) is 24.5. The standard InChI is InChI=1S/C26H27N5O3S/c1-3-28-17-27-24-23(28)25(33)31(26(34)30(24)15-19-9-5-4-6-10-19)16-22(32)29-14-13-18(2)35-21-12-8-7-11-20(21)29/h4-12,17-18H,3,13-16H2,1-2H3/t18-/m0/s1. The second-order valence-electron chi connectivity index (χ2n) is 8.68. The number of para-hydroxylation sites is 1. The molecule has 2 aromatic heterocycles. The Hall–Kier alpha value is -3.59. The van der Waals surface area contributed by atoms with E-state index < -0.39 is 11.2 Å². The highest BCUT2D eigenvalue weighted by Gasteiger charge is 2.26. The Bertz CT molecular complexity index is 1510. The number of hydrogen-bond acceptors (Lipinski definition) is 5. The van der Waals surface area contributed by atoms with E-state index in [1.54, 1.807) is 27.6 Å². The van der Waals surface area contributed by atoms with Crippen molar-refractivity contribution >= 4 is 34.5 Å². The summed E-state index contributed by atoms with van der Waals surface area (Å²) in [7, 11) is 0. The number of rotatable bonds is 5. The Morgan fingerprint density at radius 1 is 1.06 bits per heavy atom. The summed E-state index contributed by atoms with van der Waals surface area (Å²) < 4.78 is 4.27. The molecule has 1 aliphatic heterocycles. The van der Waals surface area contributed by atoms with Gasteiger partial charge in [0.25, 0.3) is 5.56 Å². The highest BCUT2D eigenvalue weighted by molar-refractivity contribution is 8.00. The zero-order valence-corrected chi connectivity index (χ0v) is 20.6. The van der Waals surface area contributed by atoms with Crippen LogP contribution in [-0.4, -0.2) is 36.4 Å². The van der Waals surface area contributed by atoms with Crippen molar-refractivity contribution in [2.75, 3.05) is 11.4 Å². The molecule has 35 heavy (non-hydrogen) atoms. The van der Waals surface area contributed by atoms with Gasteiger partial charge in [0, 0.05) is 23.2 Å². The first kappa shape index (κ1) is 23.2. The lowest BCUT2D eigenvalue weighted by Gasteiger charge is -2.23. The fourth-order valence-electron chi connectivity index (χ4n) is 4.49. The highest BCUT2D eigenvalue weighted by Crippen LogP contribution is 2.37. The highest BCUT2D eigenvalue weighted by atomic mass is 32.2. The number of nitrogens with zero attached hydrogens (tertiary/aromatic N) is 5. The van der Waals surface area contributed by atoms with Crippen LogP contribution in [0.4, 0.5) is 5.69 Å². The fraction of sp³-hybridized carbons (Fsp3) is 0.308. The molecule has 0 bridgehead atoms. The van der Waals surface area contributed by atoms with E-state index in [9.17, 15) is 14.4 Å². The van der Waals surface area contributed by atoms with E-state index in [1.165, 1.54) is 4.57 Å². The number of thioether (sulfide) groups is 1. The Balaban J connectivity index is 1.60. The first-order valence-corrected chi connectivity index (χ1v) is 12.6. The van der Waals surface area contributed by atoms with Gasteiger partial charge in [-0.1, -0.05) is 49.4 Å². The number of imidazole rings is 1. The quantitative estimate of drug-likeness (QED) is 0.429. The molecule has 5 rings (SSSR count). The van der Waals surface area contributed by atoms with Crippen LogP contribution in [0.5, 0.6) is 0 Å². The van der Waals surface area contributed by atoms with Gasteiger partial charge in [-0.2, -0.15) is 0 Å².